The number of carbonyl (C=O) groups excluding carboxylic acids is 1. The van der Waals surface area contributed by atoms with E-state index in [1.165, 1.54) is 34.8 Å². The summed E-state index contributed by atoms with van der Waals surface area (Å²) >= 11 is 2.78. The number of thiophene rings is 1. The van der Waals surface area contributed by atoms with Crippen molar-refractivity contribution in [3.05, 3.63) is 55.2 Å². The lowest BCUT2D eigenvalue weighted by molar-refractivity contribution is -0.384. The predicted octanol–water partition coefficient (Wildman–Crippen LogP) is 4.00. The number of benzene rings is 1. The summed E-state index contributed by atoms with van der Waals surface area (Å²) in [6, 6.07) is 5.79. The third-order valence-electron chi connectivity index (χ3n) is 5.03. The molecular formula is C20H20N4O4S2. The standard InChI is InChI=1S/C20H20N4O4S2/c1-2-23-19(26)17-14-8-3-4-9-15(14)30-18(17)22-20(23)29-11-16(25)21-12-6-5-7-13(10-12)24(27)28/h5-7,10H,2-4,8-9,11H2,1H3,(H,21,25). The Morgan fingerprint density at radius 2 is 2.17 bits per heavy atom. The number of amides is 1. The molecule has 0 aliphatic heterocycles. The molecule has 1 N–H and O–H groups in total. The van der Waals surface area contributed by atoms with Crippen molar-refractivity contribution in [2.24, 2.45) is 0 Å². The number of hydrogen-bond donors (Lipinski definition) is 1. The van der Waals surface area contributed by atoms with Gasteiger partial charge < -0.3 is 5.32 Å². The molecule has 2 aromatic heterocycles. The molecule has 8 nitrogen and oxygen atoms in total. The van der Waals surface area contributed by atoms with Crippen LogP contribution in [0, 0.1) is 10.1 Å². The van der Waals surface area contributed by atoms with Gasteiger partial charge in [0.15, 0.2) is 5.16 Å². The van der Waals surface area contributed by atoms with E-state index >= 15 is 0 Å². The van der Waals surface area contributed by atoms with Crippen LogP contribution in [0.1, 0.15) is 30.2 Å². The third-order valence-corrected chi connectivity index (χ3v) is 7.19. The number of aromatic nitrogens is 2. The lowest BCUT2D eigenvalue weighted by atomic mass is 9.97. The zero-order chi connectivity index (χ0) is 21.3. The molecule has 1 amide bonds. The summed E-state index contributed by atoms with van der Waals surface area (Å²) in [6.07, 6.45) is 4.16. The fourth-order valence-corrected chi connectivity index (χ4v) is 5.80. The number of rotatable bonds is 6. The monoisotopic (exact) mass is 444 g/mol. The van der Waals surface area contributed by atoms with E-state index in [4.69, 9.17) is 4.98 Å². The highest BCUT2D eigenvalue weighted by Gasteiger charge is 2.22. The van der Waals surface area contributed by atoms with Crippen molar-refractivity contribution in [1.82, 2.24) is 9.55 Å². The minimum atomic E-state index is -0.510. The van der Waals surface area contributed by atoms with Crippen molar-refractivity contribution in [2.45, 2.75) is 44.3 Å². The minimum absolute atomic E-state index is 0.0384. The number of nitro groups is 1. The first-order valence-electron chi connectivity index (χ1n) is 9.70. The fraction of sp³-hybridized carbons (Fsp3) is 0.350. The van der Waals surface area contributed by atoms with Gasteiger partial charge in [-0.1, -0.05) is 17.8 Å². The van der Waals surface area contributed by atoms with E-state index in [0.717, 1.165) is 41.5 Å². The Morgan fingerprint density at radius 3 is 2.93 bits per heavy atom. The van der Waals surface area contributed by atoms with E-state index in [2.05, 4.69) is 5.32 Å². The fourth-order valence-electron chi connectivity index (χ4n) is 3.63. The summed E-state index contributed by atoms with van der Waals surface area (Å²) in [5, 5.41) is 14.8. The van der Waals surface area contributed by atoms with Crippen LogP contribution in [-0.2, 0) is 24.2 Å². The van der Waals surface area contributed by atoms with E-state index in [0.29, 0.717) is 17.4 Å². The van der Waals surface area contributed by atoms with E-state index in [9.17, 15) is 19.7 Å². The van der Waals surface area contributed by atoms with Crippen molar-refractivity contribution in [2.75, 3.05) is 11.1 Å². The van der Waals surface area contributed by atoms with Gasteiger partial charge >= 0.3 is 0 Å². The Balaban J connectivity index is 1.55. The maximum atomic E-state index is 13.1. The van der Waals surface area contributed by atoms with Gasteiger partial charge in [0.05, 0.1) is 16.1 Å². The molecule has 0 saturated heterocycles. The number of hydrogen-bond acceptors (Lipinski definition) is 7. The number of nitro benzene ring substituents is 1. The number of anilines is 1. The molecular weight excluding hydrogens is 424 g/mol. The molecule has 4 rings (SSSR count). The molecule has 0 atom stereocenters. The van der Waals surface area contributed by atoms with Gasteiger partial charge in [0.2, 0.25) is 5.91 Å². The first-order valence-corrected chi connectivity index (χ1v) is 11.5. The second-order valence-corrected chi connectivity index (χ2v) is 9.01. The quantitative estimate of drug-likeness (QED) is 0.267. The third kappa shape index (κ3) is 3.97. The molecule has 0 radical (unpaired) electrons. The maximum Gasteiger partial charge on any atom is 0.271 e. The first kappa shape index (κ1) is 20.5. The number of thioether (sulfide) groups is 1. The van der Waals surface area contributed by atoms with Gasteiger partial charge in [0.1, 0.15) is 4.83 Å². The van der Waals surface area contributed by atoms with Crippen LogP contribution < -0.4 is 10.9 Å². The van der Waals surface area contributed by atoms with Gasteiger partial charge in [0, 0.05) is 29.2 Å². The first-order chi connectivity index (χ1) is 14.5. The number of fused-ring (bicyclic) bond motifs is 3. The number of carbonyl (C=O) groups is 1. The molecule has 0 unspecified atom stereocenters. The number of non-ortho nitro benzene ring substituents is 1. The molecule has 2 heterocycles. The Bertz CT molecular complexity index is 1200. The highest BCUT2D eigenvalue weighted by atomic mass is 32.2. The summed E-state index contributed by atoms with van der Waals surface area (Å²) in [5.74, 6) is -0.269. The summed E-state index contributed by atoms with van der Waals surface area (Å²) in [5.41, 5.74) is 1.38. The maximum absolute atomic E-state index is 13.1. The largest absolute Gasteiger partial charge is 0.325 e. The summed E-state index contributed by atoms with van der Waals surface area (Å²) in [4.78, 5) is 42.5. The molecule has 156 valence electrons. The van der Waals surface area contributed by atoms with Crippen molar-refractivity contribution in [3.8, 4) is 0 Å². The van der Waals surface area contributed by atoms with E-state index < -0.39 is 4.92 Å². The van der Waals surface area contributed by atoms with Crippen LogP contribution in [0.3, 0.4) is 0 Å². The molecule has 0 bridgehead atoms. The second kappa shape index (κ2) is 8.57. The van der Waals surface area contributed by atoms with E-state index in [1.807, 2.05) is 6.92 Å². The zero-order valence-corrected chi connectivity index (χ0v) is 18.0. The van der Waals surface area contributed by atoms with Crippen molar-refractivity contribution in [3.63, 3.8) is 0 Å². The highest BCUT2D eigenvalue weighted by molar-refractivity contribution is 7.99. The predicted molar refractivity (Wildman–Crippen MR) is 119 cm³/mol. The SMILES string of the molecule is CCn1c(SCC(=O)Nc2cccc([N+](=O)[O-])c2)nc2sc3c(c2c1=O)CCCC3. The molecule has 3 aromatic rings. The van der Waals surface area contributed by atoms with Crippen molar-refractivity contribution < 1.29 is 9.72 Å². The van der Waals surface area contributed by atoms with Crippen LogP contribution in [-0.4, -0.2) is 26.1 Å². The average Bonchev–Trinajstić information content (AvgIpc) is 3.11. The zero-order valence-electron chi connectivity index (χ0n) is 16.3. The van der Waals surface area contributed by atoms with Gasteiger partial charge in [-0.25, -0.2) is 4.98 Å². The van der Waals surface area contributed by atoms with Gasteiger partial charge in [-0.3, -0.25) is 24.3 Å². The highest BCUT2D eigenvalue weighted by Crippen LogP contribution is 2.34. The molecule has 10 heteroatoms. The van der Waals surface area contributed by atoms with Crippen molar-refractivity contribution >= 4 is 50.6 Å². The Hall–Kier alpha value is -2.72. The molecule has 0 fully saturated rings. The Labute approximate surface area is 180 Å². The molecule has 0 spiro atoms. The Morgan fingerprint density at radius 1 is 1.37 bits per heavy atom. The van der Waals surface area contributed by atoms with Gasteiger partial charge in [-0.15, -0.1) is 11.3 Å². The number of nitrogens with one attached hydrogen (secondary N) is 1. The lowest BCUT2D eigenvalue weighted by Crippen LogP contribution is -2.24. The summed E-state index contributed by atoms with van der Waals surface area (Å²) in [6.45, 7) is 2.36. The summed E-state index contributed by atoms with van der Waals surface area (Å²) < 4.78 is 1.62. The topological polar surface area (TPSA) is 107 Å². The van der Waals surface area contributed by atoms with Crippen LogP contribution >= 0.6 is 23.1 Å². The van der Waals surface area contributed by atoms with Crippen LogP contribution in [0.2, 0.25) is 0 Å². The molecule has 1 aliphatic carbocycles. The van der Waals surface area contributed by atoms with Crippen molar-refractivity contribution in [1.29, 1.82) is 0 Å². The molecule has 1 aliphatic rings. The van der Waals surface area contributed by atoms with Crippen LogP contribution in [0.5, 0.6) is 0 Å². The normalized spacial score (nSPS) is 13.2. The minimum Gasteiger partial charge on any atom is -0.325 e. The Kier molecular flexibility index (Phi) is 5.87. The second-order valence-electron chi connectivity index (χ2n) is 6.98. The van der Waals surface area contributed by atoms with Crippen LogP contribution in [0.15, 0.2) is 34.2 Å². The number of nitrogens with zero attached hydrogens (tertiary/aromatic N) is 3. The van der Waals surface area contributed by atoms with Gasteiger partial charge in [-0.05, 0) is 44.2 Å². The summed E-state index contributed by atoms with van der Waals surface area (Å²) in [7, 11) is 0. The molecule has 30 heavy (non-hydrogen) atoms. The van der Waals surface area contributed by atoms with E-state index in [1.54, 1.807) is 22.0 Å². The van der Waals surface area contributed by atoms with Crippen LogP contribution in [0.4, 0.5) is 11.4 Å². The van der Waals surface area contributed by atoms with Gasteiger partial charge in [-0.2, -0.15) is 0 Å². The smallest absolute Gasteiger partial charge is 0.271 e. The molecule has 1 aromatic carbocycles. The lowest BCUT2D eigenvalue weighted by Gasteiger charge is -2.12. The number of aryl methyl sites for hydroxylation is 2. The van der Waals surface area contributed by atoms with E-state index in [-0.39, 0.29) is 22.9 Å². The van der Waals surface area contributed by atoms with Gasteiger partial charge in [0.25, 0.3) is 11.2 Å². The van der Waals surface area contributed by atoms with Crippen LogP contribution in [0.25, 0.3) is 10.2 Å². The average molecular weight is 445 g/mol. The molecule has 0 saturated carbocycles.